The molecule has 0 bridgehead atoms. The smallest absolute Gasteiger partial charge is 0.330 e. The van der Waals surface area contributed by atoms with Crippen LogP contribution in [0.4, 0.5) is 4.39 Å². The number of benzene rings is 1. The molecule has 0 atom stereocenters. The molecule has 1 aliphatic carbocycles. The number of rotatable bonds is 5. The molecule has 0 saturated heterocycles. The summed E-state index contributed by atoms with van der Waals surface area (Å²) < 4.78 is 17.7. The Hall–Kier alpha value is -1.68. The molecule has 4 heteroatoms. The summed E-state index contributed by atoms with van der Waals surface area (Å²) >= 11 is 0. The van der Waals surface area contributed by atoms with E-state index in [2.05, 4.69) is 5.32 Å². The third kappa shape index (κ3) is 5.31. The fourth-order valence-electron chi connectivity index (χ4n) is 2.55. The molecule has 0 amide bonds. The van der Waals surface area contributed by atoms with Crippen LogP contribution >= 0.6 is 0 Å². The molecule has 114 valence electrons. The number of carbonyl (C=O) groups excluding carboxylic acids is 1. The summed E-state index contributed by atoms with van der Waals surface area (Å²) in [7, 11) is 0. The maximum absolute atomic E-state index is 12.8. The van der Waals surface area contributed by atoms with Gasteiger partial charge in [0.2, 0.25) is 0 Å². The first kappa shape index (κ1) is 15.7. The molecule has 0 radical (unpaired) electrons. The van der Waals surface area contributed by atoms with Crippen molar-refractivity contribution in [2.75, 3.05) is 6.61 Å². The van der Waals surface area contributed by atoms with Crippen molar-refractivity contribution in [1.82, 2.24) is 5.32 Å². The second kappa shape index (κ2) is 7.93. The Labute approximate surface area is 125 Å². The van der Waals surface area contributed by atoms with Crippen molar-refractivity contribution in [2.45, 2.75) is 45.2 Å². The Balaban J connectivity index is 1.74. The molecule has 1 aliphatic rings. The van der Waals surface area contributed by atoms with Gasteiger partial charge in [-0.05, 0) is 50.3 Å². The maximum Gasteiger partial charge on any atom is 0.330 e. The number of allylic oxidation sites excluding steroid dienone is 1. The van der Waals surface area contributed by atoms with Crippen LogP contribution in [0.15, 0.2) is 35.9 Å². The SMILES string of the molecule is CCOC(=O)C=C1CCC(NCc2ccc(F)cc2)CC1. The maximum atomic E-state index is 12.8. The zero-order valence-electron chi connectivity index (χ0n) is 12.4. The summed E-state index contributed by atoms with van der Waals surface area (Å²) in [5, 5.41) is 3.49. The highest BCUT2D eigenvalue weighted by molar-refractivity contribution is 5.82. The average Bonchev–Trinajstić information content (AvgIpc) is 2.48. The normalized spacial score (nSPS) is 18.4. The van der Waals surface area contributed by atoms with Crippen LogP contribution in [0, 0.1) is 5.82 Å². The first-order valence-electron chi connectivity index (χ1n) is 7.51. The summed E-state index contributed by atoms with van der Waals surface area (Å²) in [5.74, 6) is -0.435. The number of hydrogen-bond donors (Lipinski definition) is 1. The second-order valence-electron chi connectivity index (χ2n) is 5.34. The molecule has 3 nitrogen and oxygen atoms in total. The highest BCUT2D eigenvalue weighted by Crippen LogP contribution is 2.23. The van der Waals surface area contributed by atoms with Crippen LogP contribution in [0.1, 0.15) is 38.2 Å². The van der Waals surface area contributed by atoms with Crippen LogP contribution in [0.5, 0.6) is 0 Å². The quantitative estimate of drug-likeness (QED) is 0.668. The molecule has 0 aliphatic heterocycles. The largest absolute Gasteiger partial charge is 0.463 e. The Morgan fingerprint density at radius 1 is 1.33 bits per heavy atom. The fourth-order valence-corrected chi connectivity index (χ4v) is 2.55. The van der Waals surface area contributed by atoms with E-state index in [1.165, 1.54) is 17.7 Å². The molecule has 1 aromatic carbocycles. The summed E-state index contributed by atoms with van der Waals surface area (Å²) in [6, 6.07) is 7.03. The lowest BCUT2D eigenvalue weighted by Gasteiger charge is -2.25. The molecule has 0 unspecified atom stereocenters. The Morgan fingerprint density at radius 3 is 2.62 bits per heavy atom. The molecule has 1 fully saturated rings. The van der Waals surface area contributed by atoms with Crippen molar-refractivity contribution >= 4 is 5.97 Å². The van der Waals surface area contributed by atoms with E-state index in [-0.39, 0.29) is 11.8 Å². The third-order valence-electron chi connectivity index (χ3n) is 3.74. The fraction of sp³-hybridized carbons (Fsp3) is 0.471. The zero-order valence-corrected chi connectivity index (χ0v) is 12.4. The van der Waals surface area contributed by atoms with Gasteiger partial charge in [-0.15, -0.1) is 0 Å². The minimum Gasteiger partial charge on any atom is -0.463 e. The van der Waals surface area contributed by atoms with Gasteiger partial charge in [0.1, 0.15) is 5.82 Å². The van der Waals surface area contributed by atoms with Gasteiger partial charge in [0.05, 0.1) is 6.61 Å². The van der Waals surface area contributed by atoms with Gasteiger partial charge in [0, 0.05) is 18.7 Å². The van der Waals surface area contributed by atoms with E-state index in [0.717, 1.165) is 37.8 Å². The van der Waals surface area contributed by atoms with Crippen molar-refractivity contribution in [2.24, 2.45) is 0 Å². The van der Waals surface area contributed by atoms with Gasteiger partial charge in [-0.2, -0.15) is 0 Å². The van der Waals surface area contributed by atoms with E-state index < -0.39 is 0 Å². The standard InChI is InChI=1S/C17H22FNO2/c1-2-21-17(20)11-13-5-9-16(10-6-13)19-12-14-3-7-15(18)8-4-14/h3-4,7-8,11,16,19H,2,5-6,9-10,12H2,1H3. The first-order chi connectivity index (χ1) is 10.2. The van der Waals surface area contributed by atoms with Crippen molar-refractivity contribution in [3.63, 3.8) is 0 Å². The lowest BCUT2D eigenvalue weighted by atomic mass is 9.90. The predicted octanol–water partition coefficient (Wildman–Crippen LogP) is 3.35. The van der Waals surface area contributed by atoms with Gasteiger partial charge in [-0.3, -0.25) is 0 Å². The van der Waals surface area contributed by atoms with Crippen LogP contribution in [-0.4, -0.2) is 18.6 Å². The van der Waals surface area contributed by atoms with E-state index in [9.17, 15) is 9.18 Å². The summed E-state index contributed by atoms with van der Waals surface area (Å²) in [6.45, 7) is 2.99. The van der Waals surface area contributed by atoms with Crippen molar-refractivity contribution in [3.05, 3.63) is 47.3 Å². The van der Waals surface area contributed by atoms with E-state index in [1.54, 1.807) is 18.2 Å². The first-order valence-corrected chi connectivity index (χ1v) is 7.51. The minimum atomic E-state index is -0.231. The molecular weight excluding hydrogens is 269 g/mol. The number of halogens is 1. The lowest BCUT2D eigenvalue weighted by molar-refractivity contribution is -0.137. The Bertz CT molecular complexity index is 486. The van der Waals surface area contributed by atoms with E-state index >= 15 is 0 Å². The van der Waals surface area contributed by atoms with E-state index in [1.807, 2.05) is 6.92 Å². The third-order valence-corrected chi connectivity index (χ3v) is 3.74. The predicted molar refractivity (Wildman–Crippen MR) is 80.2 cm³/mol. The number of ether oxygens (including phenoxy) is 1. The van der Waals surface area contributed by atoms with Crippen LogP contribution in [-0.2, 0) is 16.1 Å². The average molecular weight is 291 g/mol. The van der Waals surface area contributed by atoms with Gasteiger partial charge in [-0.1, -0.05) is 17.7 Å². The Morgan fingerprint density at radius 2 is 2.00 bits per heavy atom. The number of nitrogens with one attached hydrogen (secondary N) is 1. The van der Waals surface area contributed by atoms with Gasteiger partial charge >= 0.3 is 5.97 Å². The number of esters is 1. The molecular formula is C17H22FNO2. The topological polar surface area (TPSA) is 38.3 Å². The van der Waals surface area contributed by atoms with Crippen molar-refractivity contribution in [3.8, 4) is 0 Å². The highest BCUT2D eigenvalue weighted by atomic mass is 19.1. The monoisotopic (exact) mass is 291 g/mol. The molecule has 0 spiro atoms. The molecule has 21 heavy (non-hydrogen) atoms. The van der Waals surface area contributed by atoms with Gasteiger partial charge in [-0.25, -0.2) is 9.18 Å². The number of carbonyl (C=O) groups is 1. The van der Waals surface area contributed by atoms with E-state index in [4.69, 9.17) is 4.74 Å². The van der Waals surface area contributed by atoms with Crippen LogP contribution in [0.3, 0.4) is 0 Å². The van der Waals surface area contributed by atoms with Crippen LogP contribution in [0.2, 0.25) is 0 Å². The van der Waals surface area contributed by atoms with Crippen molar-refractivity contribution in [1.29, 1.82) is 0 Å². The molecule has 0 heterocycles. The zero-order chi connectivity index (χ0) is 15.1. The molecule has 1 N–H and O–H groups in total. The molecule has 0 aromatic heterocycles. The number of hydrogen-bond acceptors (Lipinski definition) is 3. The highest BCUT2D eigenvalue weighted by Gasteiger charge is 2.16. The summed E-state index contributed by atoms with van der Waals surface area (Å²) in [4.78, 5) is 11.4. The summed E-state index contributed by atoms with van der Waals surface area (Å²) in [5.41, 5.74) is 2.26. The van der Waals surface area contributed by atoms with Crippen LogP contribution < -0.4 is 5.32 Å². The van der Waals surface area contributed by atoms with Gasteiger partial charge in [0.25, 0.3) is 0 Å². The summed E-state index contributed by atoms with van der Waals surface area (Å²) in [6.07, 6.45) is 5.54. The lowest BCUT2D eigenvalue weighted by Crippen LogP contribution is -2.31. The minimum absolute atomic E-state index is 0.204. The molecule has 1 saturated carbocycles. The molecule has 2 rings (SSSR count). The second-order valence-corrected chi connectivity index (χ2v) is 5.34. The van der Waals surface area contributed by atoms with Crippen molar-refractivity contribution < 1.29 is 13.9 Å². The van der Waals surface area contributed by atoms with Gasteiger partial charge in [0.15, 0.2) is 0 Å². The van der Waals surface area contributed by atoms with Crippen LogP contribution in [0.25, 0.3) is 0 Å². The Kier molecular flexibility index (Phi) is 5.93. The molecule has 1 aromatic rings. The van der Waals surface area contributed by atoms with Gasteiger partial charge < -0.3 is 10.1 Å². The van der Waals surface area contributed by atoms with E-state index in [0.29, 0.717) is 12.6 Å².